The lowest BCUT2D eigenvalue weighted by atomic mass is 10.1. The molecule has 1 aromatic heterocycles. The molecule has 0 spiro atoms. The molecule has 1 fully saturated rings. The van der Waals surface area contributed by atoms with Crippen molar-refractivity contribution in [3.63, 3.8) is 0 Å². The summed E-state index contributed by atoms with van der Waals surface area (Å²) >= 11 is 7.28. The molecule has 2 heterocycles. The number of halogens is 2. The van der Waals surface area contributed by atoms with Crippen molar-refractivity contribution in [2.45, 2.75) is 6.92 Å². The van der Waals surface area contributed by atoms with E-state index in [1.165, 1.54) is 16.6 Å². The average molecular weight is 385 g/mol. The van der Waals surface area contributed by atoms with Gasteiger partial charge in [0.15, 0.2) is 0 Å². The fraction of sp³-hybridized carbons (Fsp3) is 0.357. The van der Waals surface area contributed by atoms with E-state index in [0.717, 1.165) is 40.6 Å². The summed E-state index contributed by atoms with van der Waals surface area (Å²) in [6.07, 6.45) is 1.90. The van der Waals surface area contributed by atoms with Crippen molar-refractivity contribution in [1.29, 1.82) is 0 Å². The third-order valence-corrected chi connectivity index (χ3v) is 4.61. The van der Waals surface area contributed by atoms with Crippen LogP contribution >= 0.6 is 31.9 Å². The highest BCUT2D eigenvalue weighted by atomic mass is 79.9. The molecule has 0 amide bonds. The summed E-state index contributed by atoms with van der Waals surface area (Å²) in [5.74, 6) is 0. The van der Waals surface area contributed by atoms with Crippen molar-refractivity contribution in [2.24, 2.45) is 0 Å². The Labute approximate surface area is 129 Å². The minimum atomic E-state index is 1.03. The summed E-state index contributed by atoms with van der Waals surface area (Å²) in [6.45, 7) is 6.24. The summed E-state index contributed by atoms with van der Waals surface area (Å²) in [7, 11) is 0. The third-order valence-electron chi connectivity index (χ3n) is 3.43. The molecular weight excluding hydrogens is 370 g/mol. The molecule has 1 aliphatic rings. The van der Waals surface area contributed by atoms with Crippen molar-refractivity contribution in [1.82, 2.24) is 10.3 Å². The van der Waals surface area contributed by atoms with Crippen LogP contribution in [-0.2, 0) is 0 Å². The third kappa shape index (κ3) is 2.51. The Morgan fingerprint density at radius 1 is 1.16 bits per heavy atom. The Balaban J connectivity index is 2.23. The number of fused-ring (bicyclic) bond motifs is 1. The maximum absolute atomic E-state index is 4.54. The first-order valence-corrected chi connectivity index (χ1v) is 7.95. The zero-order chi connectivity index (χ0) is 13.4. The second-order valence-electron chi connectivity index (χ2n) is 4.83. The van der Waals surface area contributed by atoms with E-state index >= 15 is 0 Å². The zero-order valence-corrected chi connectivity index (χ0v) is 13.9. The van der Waals surface area contributed by atoms with Crippen LogP contribution in [0.25, 0.3) is 10.9 Å². The van der Waals surface area contributed by atoms with Gasteiger partial charge in [0.1, 0.15) is 0 Å². The van der Waals surface area contributed by atoms with Crippen LogP contribution in [0.3, 0.4) is 0 Å². The number of hydrogen-bond acceptors (Lipinski definition) is 3. The van der Waals surface area contributed by atoms with Gasteiger partial charge in [0.05, 0.1) is 15.7 Å². The van der Waals surface area contributed by atoms with E-state index in [4.69, 9.17) is 0 Å². The minimum Gasteiger partial charge on any atom is -0.367 e. The second kappa shape index (κ2) is 5.38. The standard InChI is InChI=1S/C14H15Br2N3/c1-9-6-10-13(11(15)7-9)18-8-12(16)14(10)19-4-2-17-3-5-19/h6-8,17H,2-5H2,1H3. The molecule has 2 aromatic rings. The number of rotatable bonds is 1. The molecule has 1 aliphatic heterocycles. The highest BCUT2D eigenvalue weighted by Crippen LogP contribution is 2.36. The maximum atomic E-state index is 4.54. The lowest BCUT2D eigenvalue weighted by molar-refractivity contribution is 0.589. The Kier molecular flexibility index (Phi) is 3.78. The first kappa shape index (κ1) is 13.3. The molecule has 0 bridgehead atoms. The van der Waals surface area contributed by atoms with Gasteiger partial charge in [-0.15, -0.1) is 0 Å². The van der Waals surface area contributed by atoms with Crippen LogP contribution in [0.15, 0.2) is 27.3 Å². The molecule has 0 aliphatic carbocycles. The summed E-state index contributed by atoms with van der Waals surface area (Å²) in [5, 5.41) is 4.60. The molecule has 19 heavy (non-hydrogen) atoms. The van der Waals surface area contributed by atoms with E-state index in [-0.39, 0.29) is 0 Å². The van der Waals surface area contributed by atoms with Gasteiger partial charge in [-0.25, -0.2) is 0 Å². The second-order valence-corrected chi connectivity index (χ2v) is 6.54. The highest BCUT2D eigenvalue weighted by molar-refractivity contribution is 9.11. The number of pyridine rings is 1. The zero-order valence-electron chi connectivity index (χ0n) is 10.7. The van der Waals surface area contributed by atoms with Crippen LogP contribution in [0.5, 0.6) is 0 Å². The normalized spacial score (nSPS) is 16.1. The summed E-state index contributed by atoms with van der Waals surface area (Å²) < 4.78 is 2.13. The lowest BCUT2D eigenvalue weighted by Gasteiger charge is -2.31. The van der Waals surface area contributed by atoms with Gasteiger partial charge in [0.25, 0.3) is 0 Å². The molecule has 3 rings (SSSR count). The number of anilines is 1. The molecule has 100 valence electrons. The van der Waals surface area contributed by atoms with Crippen LogP contribution in [0.4, 0.5) is 5.69 Å². The Hall–Kier alpha value is -0.650. The Bertz CT molecular complexity index is 622. The SMILES string of the molecule is Cc1cc(Br)c2ncc(Br)c(N3CCNCC3)c2c1. The number of hydrogen-bond donors (Lipinski definition) is 1. The van der Waals surface area contributed by atoms with Crippen LogP contribution in [0.1, 0.15) is 5.56 Å². The Morgan fingerprint density at radius 2 is 1.89 bits per heavy atom. The minimum absolute atomic E-state index is 1.03. The first-order valence-electron chi connectivity index (χ1n) is 6.37. The van der Waals surface area contributed by atoms with Gasteiger partial charge in [-0.2, -0.15) is 0 Å². The topological polar surface area (TPSA) is 28.2 Å². The van der Waals surface area contributed by atoms with E-state index in [9.17, 15) is 0 Å². The molecule has 0 saturated carbocycles. The van der Waals surface area contributed by atoms with Gasteiger partial charge in [0.2, 0.25) is 0 Å². The highest BCUT2D eigenvalue weighted by Gasteiger charge is 2.18. The van der Waals surface area contributed by atoms with Crippen LogP contribution in [-0.4, -0.2) is 31.2 Å². The van der Waals surface area contributed by atoms with Gasteiger partial charge < -0.3 is 10.2 Å². The van der Waals surface area contributed by atoms with Gasteiger partial charge >= 0.3 is 0 Å². The number of nitrogens with zero attached hydrogens (tertiary/aromatic N) is 2. The molecule has 0 atom stereocenters. The largest absolute Gasteiger partial charge is 0.367 e. The molecule has 1 aromatic carbocycles. The molecule has 3 nitrogen and oxygen atoms in total. The van der Waals surface area contributed by atoms with Gasteiger partial charge in [-0.1, -0.05) is 0 Å². The monoisotopic (exact) mass is 383 g/mol. The lowest BCUT2D eigenvalue weighted by Crippen LogP contribution is -2.43. The molecule has 0 radical (unpaired) electrons. The van der Waals surface area contributed by atoms with Gasteiger partial charge in [-0.05, 0) is 56.5 Å². The smallest absolute Gasteiger partial charge is 0.0865 e. The van der Waals surface area contributed by atoms with Gasteiger partial charge in [0, 0.05) is 42.2 Å². The predicted octanol–water partition coefficient (Wildman–Crippen LogP) is 3.48. The predicted molar refractivity (Wildman–Crippen MR) is 87.0 cm³/mol. The number of nitrogens with one attached hydrogen (secondary N) is 1. The Morgan fingerprint density at radius 3 is 2.63 bits per heavy atom. The van der Waals surface area contributed by atoms with Crippen molar-refractivity contribution in [2.75, 3.05) is 31.1 Å². The average Bonchev–Trinajstić information content (AvgIpc) is 2.39. The van der Waals surface area contributed by atoms with E-state index in [0.29, 0.717) is 0 Å². The van der Waals surface area contributed by atoms with E-state index in [1.807, 2.05) is 6.20 Å². The van der Waals surface area contributed by atoms with E-state index in [1.54, 1.807) is 0 Å². The van der Waals surface area contributed by atoms with Crippen molar-refractivity contribution < 1.29 is 0 Å². The molecule has 1 N–H and O–H groups in total. The van der Waals surface area contributed by atoms with E-state index < -0.39 is 0 Å². The molecule has 1 saturated heterocycles. The van der Waals surface area contributed by atoms with E-state index in [2.05, 4.69) is 66.1 Å². The quantitative estimate of drug-likeness (QED) is 0.815. The summed E-state index contributed by atoms with van der Waals surface area (Å²) in [4.78, 5) is 6.97. The number of benzene rings is 1. The number of aryl methyl sites for hydroxylation is 1. The van der Waals surface area contributed by atoms with Crippen molar-refractivity contribution >= 4 is 48.5 Å². The van der Waals surface area contributed by atoms with Crippen molar-refractivity contribution in [3.8, 4) is 0 Å². The fourth-order valence-corrected chi connectivity index (χ4v) is 3.81. The number of piperazine rings is 1. The molecular formula is C14H15Br2N3. The molecule has 5 heteroatoms. The van der Waals surface area contributed by atoms with Crippen LogP contribution in [0.2, 0.25) is 0 Å². The van der Waals surface area contributed by atoms with Crippen LogP contribution < -0.4 is 10.2 Å². The summed E-state index contributed by atoms with van der Waals surface area (Å²) in [6, 6.07) is 4.33. The first-order chi connectivity index (χ1) is 9.16. The van der Waals surface area contributed by atoms with Gasteiger partial charge in [-0.3, -0.25) is 4.98 Å². The maximum Gasteiger partial charge on any atom is 0.0865 e. The molecule has 0 unspecified atom stereocenters. The van der Waals surface area contributed by atoms with Crippen LogP contribution in [0, 0.1) is 6.92 Å². The fourth-order valence-electron chi connectivity index (χ4n) is 2.57. The number of aromatic nitrogens is 1. The summed E-state index contributed by atoms with van der Waals surface area (Å²) in [5.41, 5.74) is 3.54. The van der Waals surface area contributed by atoms with Crippen molar-refractivity contribution in [3.05, 3.63) is 32.8 Å².